The Balaban J connectivity index is 2.26. The number of halogens is 1. The van der Waals surface area contributed by atoms with Gasteiger partial charge in [-0.2, -0.15) is 15.0 Å². The molecule has 0 saturated heterocycles. The van der Waals surface area contributed by atoms with Gasteiger partial charge in [-0.3, -0.25) is 0 Å². The van der Waals surface area contributed by atoms with E-state index in [1.54, 1.807) is 0 Å². The zero-order valence-electron chi connectivity index (χ0n) is 12.1. The lowest BCUT2D eigenvalue weighted by Crippen LogP contribution is -2.11. The third-order valence-corrected chi connectivity index (χ3v) is 3.37. The normalized spacial score (nSPS) is 10.7. The van der Waals surface area contributed by atoms with Crippen LogP contribution in [0.3, 0.4) is 0 Å². The van der Waals surface area contributed by atoms with Crippen molar-refractivity contribution in [1.29, 1.82) is 0 Å². The third-order valence-electron chi connectivity index (χ3n) is 2.28. The Morgan fingerprint density at radius 3 is 2.76 bits per heavy atom. The Bertz CT molecular complexity index is 609. The molecule has 1 N–H and O–H groups in total. The van der Waals surface area contributed by atoms with E-state index < -0.39 is 0 Å². The summed E-state index contributed by atoms with van der Waals surface area (Å²) < 4.78 is 5.56. The Morgan fingerprint density at radius 2 is 2.10 bits per heavy atom. The minimum Gasteiger partial charge on any atom is -0.461 e. The number of ether oxygens (including phenoxy) is 1. The van der Waals surface area contributed by atoms with Gasteiger partial charge >= 0.3 is 6.01 Å². The summed E-state index contributed by atoms with van der Waals surface area (Å²) in [6, 6.07) is 7.86. The van der Waals surface area contributed by atoms with Crippen LogP contribution in [0.1, 0.15) is 20.8 Å². The third kappa shape index (κ3) is 5.06. The monoisotopic (exact) mass is 324 g/mol. The fourth-order valence-electron chi connectivity index (χ4n) is 1.52. The van der Waals surface area contributed by atoms with E-state index in [4.69, 9.17) is 16.3 Å². The molecule has 7 heteroatoms. The molecule has 21 heavy (non-hydrogen) atoms. The predicted molar refractivity (Wildman–Crippen MR) is 85.3 cm³/mol. The van der Waals surface area contributed by atoms with Gasteiger partial charge in [0.05, 0.1) is 6.10 Å². The number of nitrogens with one attached hydrogen (secondary N) is 1. The van der Waals surface area contributed by atoms with Gasteiger partial charge in [-0.05, 0) is 50.7 Å². The van der Waals surface area contributed by atoms with Crippen molar-refractivity contribution in [3.05, 3.63) is 29.3 Å². The Hall–Kier alpha value is -1.53. The van der Waals surface area contributed by atoms with Gasteiger partial charge in [0.15, 0.2) is 0 Å². The van der Waals surface area contributed by atoms with Crippen LogP contribution >= 0.6 is 23.4 Å². The molecule has 0 amide bonds. The lowest BCUT2D eigenvalue weighted by atomic mass is 10.4. The first-order valence-electron chi connectivity index (χ1n) is 6.67. The molecule has 0 atom stereocenters. The van der Waals surface area contributed by atoms with Crippen LogP contribution in [0.2, 0.25) is 5.02 Å². The number of rotatable bonds is 6. The molecule has 1 aromatic heterocycles. The van der Waals surface area contributed by atoms with Crippen molar-refractivity contribution in [2.75, 3.05) is 11.9 Å². The molecule has 2 aromatic rings. The Morgan fingerprint density at radius 1 is 1.29 bits per heavy atom. The molecule has 0 fully saturated rings. The first-order valence-corrected chi connectivity index (χ1v) is 7.86. The largest absolute Gasteiger partial charge is 0.461 e. The minimum absolute atomic E-state index is 0.00546. The van der Waals surface area contributed by atoms with Gasteiger partial charge < -0.3 is 10.1 Å². The van der Waals surface area contributed by atoms with E-state index in [1.165, 1.54) is 11.8 Å². The Labute approximate surface area is 133 Å². The number of anilines is 1. The number of hydrogen-bond donors (Lipinski definition) is 1. The summed E-state index contributed by atoms with van der Waals surface area (Å²) in [5.41, 5.74) is 0. The van der Waals surface area contributed by atoms with Crippen molar-refractivity contribution in [3.63, 3.8) is 0 Å². The van der Waals surface area contributed by atoms with Crippen molar-refractivity contribution in [3.8, 4) is 6.01 Å². The summed E-state index contributed by atoms with van der Waals surface area (Å²) in [4.78, 5) is 13.9. The van der Waals surface area contributed by atoms with Crippen molar-refractivity contribution in [2.45, 2.75) is 36.9 Å². The molecule has 0 bridgehead atoms. The van der Waals surface area contributed by atoms with E-state index in [1.807, 2.05) is 45.0 Å². The van der Waals surface area contributed by atoms with E-state index >= 15 is 0 Å². The van der Waals surface area contributed by atoms with E-state index in [-0.39, 0.29) is 6.10 Å². The van der Waals surface area contributed by atoms with Gasteiger partial charge in [0, 0.05) is 16.5 Å². The quantitative estimate of drug-likeness (QED) is 0.869. The molecular weight excluding hydrogens is 308 g/mol. The second kappa shape index (κ2) is 7.47. The summed E-state index contributed by atoms with van der Waals surface area (Å²) in [5.74, 6) is 0.507. The molecule has 0 unspecified atom stereocenters. The molecule has 0 aliphatic rings. The summed E-state index contributed by atoms with van der Waals surface area (Å²) >= 11 is 7.41. The summed E-state index contributed by atoms with van der Waals surface area (Å²) in [7, 11) is 0. The van der Waals surface area contributed by atoms with E-state index in [9.17, 15) is 0 Å². The zero-order valence-corrected chi connectivity index (χ0v) is 13.7. The second-order valence-electron chi connectivity index (χ2n) is 4.48. The number of benzene rings is 1. The van der Waals surface area contributed by atoms with Gasteiger partial charge in [-0.1, -0.05) is 17.7 Å². The molecule has 5 nitrogen and oxygen atoms in total. The highest BCUT2D eigenvalue weighted by atomic mass is 35.5. The van der Waals surface area contributed by atoms with Crippen LogP contribution < -0.4 is 10.1 Å². The van der Waals surface area contributed by atoms with Crippen LogP contribution in [0.25, 0.3) is 0 Å². The molecule has 0 radical (unpaired) electrons. The number of hydrogen-bond acceptors (Lipinski definition) is 6. The first kappa shape index (κ1) is 15.9. The summed E-state index contributed by atoms with van der Waals surface area (Å²) in [5, 5.41) is 4.33. The van der Waals surface area contributed by atoms with E-state index in [0.717, 1.165) is 11.4 Å². The summed E-state index contributed by atoms with van der Waals surface area (Å²) in [6.45, 7) is 6.57. The molecule has 0 aliphatic carbocycles. The van der Waals surface area contributed by atoms with Crippen LogP contribution in [-0.4, -0.2) is 27.6 Å². The highest BCUT2D eigenvalue weighted by molar-refractivity contribution is 7.99. The molecule has 1 heterocycles. The van der Waals surface area contributed by atoms with Crippen LogP contribution in [0.4, 0.5) is 5.95 Å². The van der Waals surface area contributed by atoms with E-state index in [0.29, 0.717) is 22.1 Å². The SMILES string of the molecule is CCNc1nc(OC(C)C)nc(Sc2cccc(Cl)c2)n1. The van der Waals surface area contributed by atoms with Gasteiger partial charge in [-0.25, -0.2) is 0 Å². The fraction of sp³-hybridized carbons (Fsp3) is 0.357. The molecule has 0 aliphatic heterocycles. The van der Waals surface area contributed by atoms with Crippen LogP contribution in [-0.2, 0) is 0 Å². The highest BCUT2D eigenvalue weighted by Crippen LogP contribution is 2.28. The zero-order chi connectivity index (χ0) is 15.2. The molecule has 2 rings (SSSR count). The topological polar surface area (TPSA) is 59.9 Å². The van der Waals surface area contributed by atoms with Crippen molar-refractivity contribution in [1.82, 2.24) is 15.0 Å². The molecule has 112 valence electrons. The Kier molecular flexibility index (Phi) is 5.64. The van der Waals surface area contributed by atoms with Crippen LogP contribution in [0.5, 0.6) is 6.01 Å². The van der Waals surface area contributed by atoms with Gasteiger partial charge in [-0.15, -0.1) is 0 Å². The maximum Gasteiger partial charge on any atom is 0.322 e. The maximum atomic E-state index is 5.99. The lowest BCUT2D eigenvalue weighted by Gasteiger charge is -2.10. The minimum atomic E-state index is 0.00546. The predicted octanol–water partition coefficient (Wildman–Crippen LogP) is 3.90. The van der Waals surface area contributed by atoms with Gasteiger partial charge in [0.1, 0.15) is 0 Å². The fourth-order valence-corrected chi connectivity index (χ4v) is 2.57. The second-order valence-corrected chi connectivity index (χ2v) is 5.96. The number of nitrogens with zero attached hydrogens (tertiary/aromatic N) is 3. The highest BCUT2D eigenvalue weighted by Gasteiger charge is 2.10. The summed E-state index contributed by atoms with van der Waals surface area (Å²) in [6.07, 6.45) is 0.00546. The van der Waals surface area contributed by atoms with Crippen molar-refractivity contribution < 1.29 is 4.74 Å². The van der Waals surface area contributed by atoms with Crippen LogP contribution in [0.15, 0.2) is 34.3 Å². The van der Waals surface area contributed by atoms with Crippen LogP contribution in [0, 0.1) is 0 Å². The van der Waals surface area contributed by atoms with Crippen molar-refractivity contribution >= 4 is 29.3 Å². The van der Waals surface area contributed by atoms with Gasteiger partial charge in [0.2, 0.25) is 11.1 Å². The number of aromatic nitrogens is 3. The molecular formula is C14H17ClN4OS. The van der Waals surface area contributed by atoms with Crippen molar-refractivity contribution in [2.24, 2.45) is 0 Å². The smallest absolute Gasteiger partial charge is 0.322 e. The van der Waals surface area contributed by atoms with Gasteiger partial charge in [0.25, 0.3) is 0 Å². The standard InChI is InChI=1S/C14H17ClN4OS/c1-4-16-12-17-13(20-9(2)3)19-14(18-12)21-11-7-5-6-10(15)8-11/h5-9H,4H2,1-3H3,(H,16,17,18,19). The molecule has 0 saturated carbocycles. The first-order chi connectivity index (χ1) is 10.1. The lowest BCUT2D eigenvalue weighted by molar-refractivity contribution is 0.219. The molecule has 1 aromatic carbocycles. The molecule has 0 spiro atoms. The van der Waals surface area contributed by atoms with E-state index in [2.05, 4.69) is 20.3 Å². The average Bonchev–Trinajstić information content (AvgIpc) is 2.37. The maximum absolute atomic E-state index is 5.99. The average molecular weight is 325 g/mol.